The van der Waals surface area contributed by atoms with Crippen molar-refractivity contribution in [2.24, 2.45) is 5.73 Å². The highest BCUT2D eigenvalue weighted by atomic mass is 16.3. The fourth-order valence-corrected chi connectivity index (χ4v) is 1.62. The second kappa shape index (κ2) is 6.61. The molecule has 0 amide bonds. The Labute approximate surface area is 90.5 Å². The zero-order valence-corrected chi connectivity index (χ0v) is 9.15. The van der Waals surface area contributed by atoms with Crippen LogP contribution in [-0.2, 0) is 0 Å². The van der Waals surface area contributed by atoms with Gasteiger partial charge in [-0.15, -0.1) is 0 Å². The summed E-state index contributed by atoms with van der Waals surface area (Å²) in [5.74, 6) is 0. The largest absolute Gasteiger partial charge is 0.472 e. The van der Waals surface area contributed by atoms with E-state index in [4.69, 9.17) is 15.3 Å². The molecule has 0 saturated heterocycles. The summed E-state index contributed by atoms with van der Waals surface area (Å²) in [5.41, 5.74) is 6.76. The van der Waals surface area contributed by atoms with Gasteiger partial charge in [0.2, 0.25) is 0 Å². The number of hydrogen-bond acceptors (Lipinski definition) is 4. The summed E-state index contributed by atoms with van der Waals surface area (Å²) in [7, 11) is 0. The molecule has 86 valence electrons. The Morgan fingerprint density at radius 3 is 2.87 bits per heavy atom. The molecule has 1 aromatic heterocycles. The van der Waals surface area contributed by atoms with Crippen LogP contribution in [0.2, 0.25) is 0 Å². The van der Waals surface area contributed by atoms with Crippen LogP contribution < -0.4 is 11.1 Å². The van der Waals surface area contributed by atoms with Gasteiger partial charge in [0.15, 0.2) is 0 Å². The van der Waals surface area contributed by atoms with Gasteiger partial charge in [-0.25, -0.2) is 0 Å². The average Bonchev–Trinajstić information content (AvgIpc) is 2.77. The smallest absolute Gasteiger partial charge is 0.0950 e. The third kappa shape index (κ3) is 3.66. The van der Waals surface area contributed by atoms with Gasteiger partial charge in [-0.1, -0.05) is 6.92 Å². The molecule has 15 heavy (non-hydrogen) atoms. The molecule has 0 aliphatic heterocycles. The fourth-order valence-electron chi connectivity index (χ4n) is 1.62. The van der Waals surface area contributed by atoms with E-state index in [1.54, 1.807) is 12.5 Å². The van der Waals surface area contributed by atoms with Gasteiger partial charge in [0, 0.05) is 30.8 Å². The molecule has 0 bridgehead atoms. The Hall–Kier alpha value is -0.840. The summed E-state index contributed by atoms with van der Waals surface area (Å²) in [5, 5.41) is 12.3. The molecule has 0 aliphatic carbocycles. The molecule has 2 unspecified atom stereocenters. The van der Waals surface area contributed by atoms with E-state index >= 15 is 0 Å². The maximum absolute atomic E-state index is 8.89. The van der Waals surface area contributed by atoms with Crippen LogP contribution in [0.5, 0.6) is 0 Å². The lowest BCUT2D eigenvalue weighted by molar-refractivity contribution is 0.255. The average molecular weight is 212 g/mol. The molecule has 0 aliphatic rings. The van der Waals surface area contributed by atoms with Crippen molar-refractivity contribution in [2.75, 3.05) is 13.2 Å². The van der Waals surface area contributed by atoms with E-state index in [0.717, 1.165) is 18.4 Å². The predicted molar refractivity (Wildman–Crippen MR) is 59.4 cm³/mol. The number of furan rings is 1. The molecule has 4 nitrogen and oxygen atoms in total. The minimum absolute atomic E-state index is 0.111. The van der Waals surface area contributed by atoms with Crippen molar-refractivity contribution in [3.63, 3.8) is 0 Å². The van der Waals surface area contributed by atoms with E-state index in [1.165, 1.54) is 0 Å². The monoisotopic (exact) mass is 212 g/mol. The Balaban J connectivity index is 2.52. The summed E-state index contributed by atoms with van der Waals surface area (Å²) >= 11 is 0. The lowest BCUT2D eigenvalue weighted by Crippen LogP contribution is -2.36. The van der Waals surface area contributed by atoms with Crippen LogP contribution in [0, 0.1) is 0 Å². The van der Waals surface area contributed by atoms with Crippen LogP contribution in [0.15, 0.2) is 23.0 Å². The molecule has 4 heteroatoms. The van der Waals surface area contributed by atoms with E-state index < -0.39 is 0 Å². The topological polar surface area (TPSA) is 71.4 Å². The summed E-state index contributed by atoms with van der Waals surface area (Å²) in [6.07, 6.45) is 5.09. The fraction of sp³-hybridized carbons (Fsp3) is 0.636. The molecule has 1 heterocycles. The summed E-state index contributed by atoms with van der Waals surface area (Å²) in [4.78, 5) is 0. The zero-order chi connectivity index (χ0) is 11.1. The van der Waals surface area contributed by atoms with Gasteiger partial charge in [-0.05, 0) is 18.9 Å². The van der Waals surface area contributed by atoms with Gasteiger partial charge in [-0.3, -0.25) is 0 Å². The van der Waals surface area contributed by atoms with Crippen molar-refractivity contribution < 1.29 is 9.52 Å². The Morgan fingerprint density at radius 2 is 2.40 bits per heavy atom. The van der Waals surface area contributed by atoms with Crippen molar-refractivity contribution in [1.82, 2.24) is 5.32 Å². The number of nitrogens with two attached hydrogens (primary N) is 1. The second-order valence-corrected chi connectivity index (χ2v) is 3.63. The molecule has 0 spiro atoms. The summed E-state index contributed by atoms with van der Waals surface area (Å²) in [6, 6.07) is 2.33. The van der Waals surface area contributed by atoms with Crippen molar-refractivity contribution in [1.29, 1.82) is 0 Å². The maximum Gasteiger partial charge on any atom is 0.0950 e. The molecule has 2 atom stereocenters. The Bertz CT molecular complexity index is 249. The maximum atomic E-state index is 8.89. The highest BCUT2D eigenvalue weighted by Crippen LogP contribution is 2.14. The lowest BCUT2D eigenvalue weighted by atomic mass is 10.1. The van der Waals surface area contributed by atoms with Crippen molar-refractivity contribution in [3.05, 3.63) is 24.2 Å². The molecular weight excluding hydrogens is 192 g/mol. The number of hydrogen-bond donors (Lipinski definition) is 3. The summed E-state index contributed by atoms with van der Waals surface area (Å²) < 4.78 is 5.03. The van der Waals surface area contributed by atoms with Crippen molar-refractivity contribution in [2.45, 2.75) is 31.8 Å². The first-order valence-electron chi connectivity index (χ1n) is 5.40. The summed E-state index contributed by atoms with van der Waals surface area (Å²) in [6.45, 7) is 2.83. The SMILES string of the molecule is CCC(CCO)NC(CN)c1ccoc1. The first kappa shape index (κ1) is 12.2. The molecule has 1 rings (SSSR count). The Kier molecular flexibility index (Phi) is 5.39. The third-order valence-electron chi connectivity index (χ3n) is 2.59. The lowest BCUT2D eigenvalue weighted by Gasteiger charge is -2.22. The van der Waals surface area contributed by atoms with Crippen LogP contribution in [0.4, 0.5) is 0 Å². The van der Waals surface area contributed by atoms with Crippen molar-refractivity contribution in [3.8, 4) is 0 Å². The third-order valence-corrected chi connectivity index (χ3v) is 2.59. The molecule has 4 N–H and O–H groups in total. The van der Waals surface area contributed by atoms with Crippen LogP contribution in [0.1, 0.15) is 31.4 Å². The second-order valence-electron chi connectivity index (χ2n) is 3.63. The number of aliphatic hydroxyl groups excluding tert-OH is 1. The Morgan fingerprint density at radius 1 is 1.60 bits per heavy atom. The van der Waals surface area contributed by atoms with E-state index in [1.807, 2.05) is 6.07 Å². The van der Waals surface area contributed by atoms with Gasteiger partial charge >= 0.3 is 0 Å². The molecule has 0 aromatic carbocycles. The standard InChI is InChI=1S/C11H20N2O2/c1-2-10(3-5-14)13-11(7-12)9-4-6-15-8-9/h4,6,8,10-11,13-14H,2-3,5,7,12H2,1H3. The van der Waals surface area contributed by atoms with Crippen LogP contribution in [0.3, 0.4) is 0 Å². The van der Waals surface area contributed by atoms with E-state index in [0.29, 0.717) is 12.6 Å². The van der Waals surface area contributed by atoms with Crippen LogP contribution in [0.25, 0.3) is 0 Å². The van der Waals surface area contributed by atoms with E-state index in [-0.39, 0.29) is 12.6 Å². The first-order valence-corrected chi connectivity index (χ1v) is 5.40. The molecule has 0 fully saturated rings. The van der Waals surface area contributed by atoms with E-state index in [2.05, 4.69) is 12.2 Å². The van der Waals surface area contributed by atoms with Crippen LogP contribution in [-0.4, -0.2) is 24.3 Å². The minimum atomic E-state index is 0.111. The van der Waals surface area contributed by atoms with Crippen molar-refractivity contribution >= 4 is 0 Å². The van der Waals surface area contributed by atoms with Gasteiger partial charge in [0.1, 0.15) is 0 Å². The van der Waals surface area contributed by atoms with Gasteiger partial charge in [-0.2, -0.15) is 0 Å². The molecular formula is C11H20N2O2. The molecule has 1 aromatic rings. The molecule has 0 saturated carbocycles. The first-order chi connectivity index (χ1) is 7.31. The van der Waals surface area contributed by atoms with Gasteiger partial charge < -0.3 is 20.6 Å². The molecule has 0 radical (unpaired) electrons. The zero-order valence-electron chi connectivity index (χ0n) is 9.15. The highest BCUT2D eigenvalue weighted by Gasteiger charge is 2.14. The van der Waals surface area contributed by atoms with E-state index in [9.17, 15) is 0 Å². The normalized spacial score (nSPS) is 15.1. The highest BCUT2D eigenvalue weighted by molar-refractivity contribution is 5.12. The number of aliphatic hydroxyl groups is 1. The quantitative estimate of drug-likeness (QED) is 0.631. The number of nitrogens with one attached hydrogen (secondary N) is 1. The van der Waals surface area contributed by atoms with Gasteiger partial charge in [0.25, 0.3) is 0 Å². The van der Waals surface area contributed by atoms with Gasteiger partial charge in [0.05, 0.1) is 12.5 Å². The minimum Gasteiger partial charge on any atom is -0.472 e. The van der Waals surface area contributed by atoms with Crippen LogP contribution >= 0.6 is 0 Å². The predicted octanol–water partition coefficient (Wildman–Crippen LogP) is 1.03. The number of rotatable bonds is 7.